The third-order valence-corrected chi connectivity index (χ3v) is 12.8. The average molecular weight is 738 g/mol. The second-order valence-electron chi connectivity index (χ2n) is 15.6. The molecule has 1 aliphatic carbocycles. The van der Waals surface area contributed by atoms with E-state index in [1.54, 1.807) is 0 Å². The number of hydrogen-bond acceptors (Lipinski definition) is 4. The second kappa shape index (κ2) is 12.8. The van der Waals surface area contributed by atoms with Gasteiger partial charge < -0.3 is 19.0 Å². The monoisotopic (exact) mass is 737 g/mol. The van der Waals surface area contributed by atoms with E-state index < -0.39 is 0 Å². The normalized spacial score (nSPS) is 22.3. The third kappa shape index (κ3) is 4.75. The Labute approximate surface area is 329 Å². The van der Waals surface area contributed by atoms with Crippen LogP contribution in [0.4, 0.5) is 0 Å². The van der Waals surface area contributed by atoms with Crippen molar-refractivity contribution in [2.75, 3.05) is 0 Å². The van der Waals surface area contributed by atoms with E-state index in [1.807, 2.05) is 30.8 Å². The van der Waals surface area contributed by atoms with Crippen LogP contribution in [-0.2, 0) is 0 Å². The highest BCUT2D eigenvalue weighted by Crippen LogP contribution is 2.59. The van der Waals surface area contributed by atoms with E-state index in [2.05, 4.69) is 171 Å². The third-order valence-electron chi connectivity index (χ3n) is 12.8. The van der Waals surface area contributed by atoms with E-state index in [-0.39, 0.29) is 36.1 Å². The lowest BCUT2D eigenvalue weighted by atomic mass is 9.69. The van der Waals surface area contributed by atoms with Crippen LogP contribution < -0.4 is 5.32 Å². The largest absolute Gasteiger partial charge is 0.369 e. The first-order valence-electron chi connectivity index (χ1n) is 20.0. The molecule has 0 amide bonds. The Bertz CT molecular complexity index is 3040. The van der Waals surface area contributed by atoms with Crippen LogP contribution in [0.1, 0.15) is 36.3 Å². The number of hydrogen-bond donors (Lipinski definition) is 1. The summed E-state index contributed by atoms with van der Waals surface area (Å²) in [5.74, 6) is 0.803. The Kier molecular flexibility index (Phi) is 7.24. The minimum absolute atomic E-state index is 0.0217. The van der Waals surface area contributed by atoms with Crippen LogP contribution in [0.3, 0.4) is 0 Å². The second-order valence-corrected chi connectivity index (χ2v) is 15.6. The van der Waals surface area contributed by atoms with Crippen molar-refractivity contribution in [3.63, 3.8) is 0 Å². The van der Waals surface area contributed by atoms with Crippen LogP contribution >= 0.6 is 0 Å². The molecule has 1 N–H and O–H groups in total. The first-order valence-corrected chi connectivity index (χ1v) is 20.0. The van der Waals surface area contributed by atoms with Gasteiger partial charge in [0.2, 0.25) is 0 Å². The van der Waals surface area contributed by atoms with Crippen molar-refractivity contribution in [1.82, 2.24) is 29.0 Å². The summed E-state index contributed by atoms with van der Waals surface area (Å²) in [6, 6.07) is 55.3. The predicted octanol–water partition coefficient (Wildman–Crippen LogP) is 11.1. The molecule has 10 aromatic rings. The van der Waals surface area contributed by atoms with Crippen molar-refractivity contribution in [3.05, 3.63) is 182 Å². The van der Waals surface area contributed by atoms with Crippen molar-refractivity contribution in [3.8, 4) is 0 Å². The van der Waals surface area contributed by atoms with Crippen molar-refractivity contribution in [2.24, 2.45) is 10.9 Å². The van der Waals surface area contributed by atoms with Gasteiger partial charge in [0.25, 0.3) is 0 Å². The number of allylic oxidation sites excluding steroid dienone is 1. The molecule has 5 heterocycles. The Morgan fingerprint density at radius 3 is 1.23 bits per heavy atom. The summed E-state index contributed by atoms with van der Waals surface area (Å²) >= 11 is 0. The van der Waals surface area contributed by atoms with Crippen LogP contribution in [0.15, 0.2) is 181 Å². The van der Waals surface area contributed by atoms with Crippen LogP contribution in [0.2, 0.25) is 0 Å². The lowest BCUT2D eigenvalue weighted by molar-refractivity contribution is 0.0786. The summed E-state index contributed by atoms with van der Waals surface area (Å²) in [6.07, 6.45) is 10.5. The molecule has 57 heavy (non-hydrogen) atoms. The van der Waals surface area contributed by atoms with Gasteiger partial charge in [0.1, 0.15) is 12.0 Å². The van der Waals surface area contributed by atoms with E-state index >= 15 is 0 Å². The molecule has 7 heteroatoms. The predicted molar refractivity (Wildman–Crippen MR) is 233 cm³/mol. The topological polar surface area (TPSA) is 65.0 Å². The van der Waals surface area contributed by atoms with Gasteiger partial charge in [-0.1, -0.05) is 109 Å². The van der Waals surface area contributed by atoms with E-state index in [9.17, 15) is 0 Å². The SMILES string of the molecule is C1=CNC(C2CC(c3ncccn3)C(n3c4ccccc4c4ccccc43)C(n3c4ccccc4c4ccccc43)C2n2c3ccccc3c3ccccc32)N=C1. The Morgan fingerprint density at radius 2 is 0.825 bits per heavy atom. The summed E-state index contributed by atoms with van der Waals surface area (Å²) < 4.78 is 8.04. The molecular formula is C50H39N7. The zero-order valence-electron chi connectivity index (χ0n) is 31.2. The summed E-state index contributed by atoms with van der Waals surface area (Å²) in [5.41, 5.74) is 7.32. The summed E-state index contributed by atoms with van der Waals surface area (Å²) in [7, 11) is 0. The number of aliphatic imine (C=N–C) groups is 1. The average Bonchev–Trinajstić information content (AvgIpc) is 3.92. The first-order chi connectivity index (χ1) is 28.3. The van der Waals surface area contributed by atoms with E-state index in [4.69, 9.17) is 15.0 Å². The highest BCUT2D eigenvalue weighted by molar-refractivity contribution is 6.10. The molecule has 6 atom stereocenters. The summed E-state index contributed by atoms with van der Waals surface area (Å²) in [4.78, 5) is 15.5. The maximum Gasteiger partial charge on any atom is 0.133 e. The van der Waals surface area contributed by atoms with Gasteiger partial charge in [0.05, 0.1) is 18.1 Å². The fourth-order valence-corrected chi connectivity index (χ4v) is 10.8. The quantitative estimate of drug-likeness (QED) is 0.191. The van der Waals surface area contributed by atoms with E-state index in [0.717, 1.165) is 12.2 Å². The molecule has 4 aromatic heterocycles. The Balaban J connectivity index is 1.29. The number of para-hydroxylation sites is 6. The van der Waals surface area contributed by atoms with Crippen LogP contribution in [0.25, 0.3) is 65.4 Å². The molecule has 2 aliphatic rings. The molecule has 1 aliphatic heterocycles. The molecule has 0 saturated heterocycles. The molecule has 0 bridgehead atoms. The lowest BCUT2D eigenvalue weighted by Crippen LogP contribution is -2.49. The highest BCUT2D eigenvalue weighted by Gasteiger charge is 2.53. The molecule has 0 radical (unpaired) electrons. The Morgan fingerprint density at radius 1 is 0.439 bits per heavy atom. The summed E-state index contributed by atoms with van der Waals surface area (Å²) in [6.45, 7) is 0. The van der Waals surface area contributed by atoms with Crippen LogP contribution in [0.5, 0.6) is 0 Å². The molecule has 7 nitrogen and oxygen atoms in total. The van der Waals surface area contributed by atoms with Gasteiger partial charge >= 0.3 is 0 Å². The van der Waals surface area contributed by atoms with Gasteiger partial charge in [-0.15, -0.1) is 0 Å². The standard InChI is InChI=1S/C50H39N7/c1-7-21-40-32(15-1)33-16-2-8-22-41(33)55(40)46-38(49-51-27-13-28-52-49)31-39(50-53-29-14-30-54-50)47(56-42-23-9-3-17-34(42)35-18-4-10-24-43(35)56)48(46)57-44-25-11-5-19-36(44)37-20-6-12-26-45(37)57/h1-30,38-39,46-49,51H,31H2. The number of benzene rings is 6. The first kappa shape index (κ1) is 32.3. The zero-order valence-corrected chi connectivity index (χ0v) is 31.2. The van der Waals surface area contributed by atoms with Gasteiger partial charge in [0, 0.05) is 95.9 Å². The van der Waals surface area contributed by atoms with Gasteiger partial charge in [-0.2, -0.15) is 0 Å². The zero-order chi connectivity index (χ0) is 37.5. The lowest BCUT2D eigenvalue weighted by Gasteiger charge is -2.51. The van der Waals surface area contributed by atoms with Gasteiger partial charge in [-0.05, 0) is 61.2 Å². The molecule has 1 fully saturated rings. The van der Waals surface area contributed by atoms with E-state index in [0.29, 0.717) is 0 Å². The molecule has 1 saturated carbocycles. The summed E-state index contributed by atoms with van der Waals surface area (Å²) in [5, 5.41) is 11.3. The van der Waals surface area contributed by atoms with Crippen molar-refractivity contribution in [1.29, 1.82) is 0 Å². The highest BCUT2D eigenvalue weighted by atomic mass is 15.2. The number of nitrogens with zero attached hydrogens (tertiary/aromatic N) is 6. The molecule has 6 aromatic carbocycles. The van der Waals surface area contributed by atoms with E-state index in [1.165, 1.54) is 65.4 Å². The van der Waals surface area contributed by atoms with Crippen LogP contribution in [0, 0.1) is 5.92 Å². The molecule has 6 unspecified atom stereocenters. The van der Waals surface area contributed by atoms with Crippen molar-refractivity contribution >= 4 is 71.6 Å². The minimum atomic E-state index is -0.180. The molecule has 12 rings (SSSR count). The van der Waals surface area contributed by atoms with Gasteiger partial charge in [0.15, 0.2) is 0 Å². The number of rotatable bonds is 5. The number of fused-ring (bicyclic) bond motifs is 9. The van der Waals surface area contributed by atoms with Crippen LogP contribution in [-0.4, -0.2) is 36.0 Å². The fourth-order valence-electron chi connectivity index (χ4n) is 10.8. The van der Waals surface area contributed by atoms with Crippen molar-refractivity contribution < 1.29 is 0 Å². The Hall–Kier alpha value is -6.99. The van der Waals surface area contributed by atoms with Gasteiger partial charge in [-0.25, -0.2) is 9.97 Å². The number of aromatic nitrogens is 5. The smallest absolute Gasteiger partial charge is 0.133 e. The molecular weight excluding hydrogens is 699 g/mol. The number of nitrogens with one attached hydrogen (secondary N) is 1. The van der Waals surface area contributed by atoms with Gasteiger partial charge in [-0.3, -0.25) is 4.99 Å². The molecule has 274 valence electrons. The maximum absolute atomic E-state index is 5.24. The fraction of sp³-hybridized carbons (Fsp3) is 0.140. The maximum atomic E-state index is 5.24. The minimum Gasteiger partial charge on any atom is -0.369 e. The molecule has 0 spiro atoms. The van der Waals surface area contributed by atoms with Crippen molar-refractivity contribution in [2.45, 2.75) is 36.6 Å².